The number of fused-ring (bicyclic) bond motifs is 1. The van der Waals surface area contributed by atoms with Crippen LogP contribution in [0.25, 0.3) is 10.9 Å². The molecule has 7 nitrogen and oxygen atoms in total. The highest BCUT2D eigenvalue weighted by atomic mass is 32.2. The van der Waals surface area contributed by atoms with Crippen molar-refractivity contribution in [1.82, 2.24) is 9.29 Å². The summed E-state index contributed by atoms with van der Waals surface area (Å²) >= 11 is 0. The largest absolute Gasteiger partial charge is 0.465 e. The molecule has 0 radical (unpaired) electrons. The molecule has 8 heteroatoms. The molecule has 0 fully saturated rings. The van der Waals surface area contributed by atoms with Crippen LogP contribution >= 0.6 is 0 Å². The maximum atomic E-state index is 11.9. The van der Waals surface area contributed by atoms with Gasteiger partial charge in [-0.1, -0.05) is 0 Å². The van der Waals surface area contributed by atoms with E-state index in [0.29, 0.717) is 12.2 Å². The Balaban J connectivity index is 1.76. The van der Waals surface area contributed by atoms with E-state index in [4.69, 9.17) is 4.42 Å². The van der Waals surface area contributed by atoms with Gasteiger partial charge in [-0.25, -0.2) is 4.98 Å². The maximum Gasteiger partial charge on any atom is 0.301 e. The standard InChI is InChI=1S/C17H20N4O3S/c1-12-4-7-15(24-12)11-18-17-9-5-13-10-14(6-8-16(13)19-17)20-25(22,23)21(2)3/h4-10,20H,11H2,1-3H3,(H,18,19). The van der Waals surface area contributed by atoms with Gasteiger partial charge in [-0.2, -0.15) is 12.7 Å². The lowest BCUT2D eigenvalue weighted by Crippen LogP contribution is -2.28. The summed E-state index contributed by atoms with van der Waals surface area (Å²) in [5.41, 5.74) is 1.27. The summed E-state index contributed by atoms with van der Waals surface area (Å²) in [6.07, 6.45) is 0. The summed E-state index contributed by atoms with van der Waals surface area (Å²) in [5.74, 6) is 2.44. The molecule has 3 aromatic rings. The highest BCUT2D eigenvalue weighted by Gasteiger charge is 2.13. The normalized spacial score (nSPS) is 11.8. The van der Waals surface area contributed by atoms with Crippen LogP contribution in [0.3, 0.4) is 0 Å². The van der Waals surface area contributed by atoms with E-state index in [2.05, 4.69) is 15.0 Å². The number of furan rings is 1. The lowest BCUT2D eigenvalue weighted by molar-refractivity contribution is 0.490. The minimum absolute atomic E-state index is 0.495. The third kappa shape index (κ3) is 4.09. The van der Waals surface area contributed by atoms with Gasteiger partial charge in [0.2, 0.25) is 0 Å². The van der Waals surface area contributed by atoms with Crippen LogP contribution in [0.4, 0.5) is 11.5 Å². The van der Waals surface area contributed by atoms with E-state index in [1.165, 1.54) is 14.1 Å². The Labute approximate surface area is 146 Å². The Hall–Kier alpha value is -2.58. The fourth-order valence-electron chi connectivity index (χ4n) is 2.29. The molecule has 0 atom stereocenters. The van der Waals surface area contributed by atoms with Crippen molar-refractivity contribution in [2.45, 2.75) is 13.5 Å². The number of nitrogens with one attached hydrogen (secondary N) is 2. The molecule has 0 aliphatic heterocycles. The molecule has 2 heterocycles. The van der Waals surface area contributed by atoms with Gasteiger partial charge in [0.15, 0.2) is 0 Å². The molecule has 0 aliphatic carbocycles. The lowest BCUT2D eigenvalue weighted by atomic mass is 10.2. The molecule has 2 aromatic heterocycles. The molecule has 0 unspecified atom stereocenters. The summed E-state index contributed by atoms with van der Waals surface area (Å²) in [4.78, 5) is 4.53. The van der Waals surface area contributed by atoms with Crippen molar-refractivity contribution in [3.8, 4) is 0 Å². The number of hydrogen-bond acceptors (Lipinski definition) is 5. The summed E-state index contributed by atoms with van der Waals surface area (Å²) in [5, 5.41) is 4.06. The Bertz CT molecular complexity index is 996. The van der Waals surface area contributed by atoms with Crippen molar-refractivity contribution >= 4 is 32.6 Å². The van der Waals surface area contributed by atoms with Gasteiger partial charge in [0.05, 0.1) is 17.7 Å². The van der Waals surface area contributed by atoms with Gasteiger partial charge in [-0.3, -0.25) is 4.72 Å². The average Bonchev–Trinajstić information content (AvgIpc) is 2.98. The molecule has 2 N–H and O–H groups in total. The van der Waals surface area contributed by atoms with Crippen molar-refractivity contribution in [2.75, 3.05) is 24.1 Å². The quantitative estimate of drug-likeness (QED) is 0.706. The summed E-state index contributed by atoms with van der Waals surface area (Å²) in [6, 6.07) is 12.8. The van der Waals surface area contributed by atoms with Gasteiger partial charge in [-0.15, -0.1) is 0 Å². The zero-order valence-corrected chi connectivity index (χ0v) is 15.1. The molecule has 0 amide bonds. The zero-order chi connectivity index (χ0) is 18.0. The molecule has 0 spiro atoms. The SMILES string of the molecule is Cc1ccc(CNc2ccc3cc(NS(=O)(=O)N(C)C)ccc3n2)o1. The molecule has 0 bridgehead atoms. The van der Waals surface area contributed by atoms with Crippen LogP contribution in [0, 0.1) is 6.92 Å². The number of aryl methyl sites for hydroxylation is 1. The fraction of sp³-hybridized carbons (Fsp3) is 0.235. The molecule has 132 valence electrons. The van der Waals surface area contributed by atoms with Crippen LogP contribution in [-0.4, -0.2) is 31.8 Å². The number of nitrogens with zero attached hydrogens (tertiary/aromatic N) is 2. The number of pyridine rings is 1. The van der Waals surface area contributed by atoms with E-state index < -0.39 is 10.2 Å². The summed E-state index contributed by atoms with van der Waals surface area (Å²) < 4.78 is 32.9. The average molecular weight is 360 g/mol. The summed E-state index contributed by atoms with van der Waals surface area (Å²) in [7, 11) is -0.574. The van der Waals surface area contributed by atoms with Crippen LogP contribution in [0.2, 0.25) is 0 Å². The molecule has 25 heavy (non-hydrogen) atoms. The highest BCUT2D eigenvalue weighted by molar-refractivity contribution is 7.90. The predicted octanol–water partition coefficient (Wildman–Crippen LogP) is 2.97. The van der Waals surface area contributed by atoms with Gasteiger partial charge in [0.25, 0.3) is 0 Å². The van der Waals surface area contributed by atoms with Gasteiger partial charge in [0, 0.05) is 19.5 Å². The fourth-order valence-corrected chi connectivity index (χ4v) is 2.89. The van der Waals surface area contributed by atoms with Crippen molar-refractivity contribution in [2.24, 2.45) is 0 Å². The maximum absolute atomic E-state index is 11.9. The van der Waals surface area contributed by atoms with Gasteiger partial charge >= 0.3 is 10.2 Å². The molecular formula is C17H20N4O3S. The monoisotopic (exact) mass is 360 g/mol. The Morgan fingerprint density at radius 3 is 2.60 bits per heavy atom. The summed E-state index contributed by atoms with van der Waals surface area (Å²) in [6.45, 7) is 2.45. The van der Waals surface area contributed by atoms with Crippen molar-refractivity contribution < 1.29 is 12.8 Å². The van der Waals surface area contributed by atoms with Crippen LogP contribution < -0.4 is 10.0 Å². The second kappa shape index (κ2) is 6.73. The Morgan fingerprint density at radius 2 is 1.92 bits per heavy atom. The number of hydrogen-bond donors (Lipinski definition) is 2. The first kappa shape index (κ1) is 17.2. The Morgan fingerprint density at radius 1 is 1.12 bits per heavy atom. The highest BCUT2D eigenvalue weighted by Crippen LogP contribution is 2.21. The van der Waals surface area contributed by atoms with Gasteiger partial charge < -0.3 is 9.73 Å². The molecule has 0 saturated heterocycles. The van der Waals surface area contributed by atoms with E-state index >= 15 is 0 Å². The van der Waals surface area contributed by atoms with E-state index in [0.717, 1.165) is 32.5 Å². The van der Waals surface area contributed by atoms with Gasteiger partial charge in [0.1, 0.15) is 17.3 Å². The topological polar surface area (TPSA) is 87.5 Å². The predicted molar refractivity (Wildman–Crippen MR) is 98.7 cm³/mol. The first-order valence-corrected chi connectivity index (χ1v) is 9.18. The zero-order valence-electron chi connectivity index (χ0n) is 14.3. The smallest absolute Gasteiger partial charge is 0.301 e. The van der Waals surface area contributed by atoms with Crippen molar-refractivity contribution in [1.29, 1.82) is 0 Å². The molecule has 1 aromatic carbocycles. The van der Waals surface area contributed by atoms with E-state index in [9.17, 15) is 8.42 Å². The van der Waals surface area contributed by atoms with Crippen LogP contribution in [0.1, 0.15) is 11.5 Å². The number of anilines is 2. The van der Waals surface area contributed by atoms with E-state index in [1.54, 1.807) is 18.2 Å². The van der Waals surface area contributed by atoms with Crippen LogP contribution in [-0.2, 0) is 16.8 Å². The van der Waals surface area contributed by atoms with Gasteiger partial charge in [-0.05, 0) is 49.4 Å². The minimum atomic E-state index is -3.53. The molecule has 3 rings (SSSR count). The molecular weight excluding hydrogens is 340 g/mol. The van der Waals surface area contributed by atoms with Crippen molar-refractivity contribution in [3.63, 3.8) is 0 Å². The third-order valence-corrected chi connectivity index (χ3v) is 5.11. The number of rotatable bonds is 6. The first-order chi connectivity index (χ1) is 11.8. The lowest BCUT2D eigenvalue weighted by Gasteiger charge is -2.13. The molecule has 0 aliphatic rings. The first-order valence-electron chi connectivity index (χ1n) is 7.74. The number of aromatic nitrogens is 1. The minimum Gasteiger partial charge on any atom is -0.465 e. The second-order valence-corrected chi connectivity index (χ2v) is 7.74. The Kier molecular flexibility index (Phi) is 4.65. The van der Waals surface area contributed by atoms with E-state index in [1.807, 2.05) is 31.2 Å². The van der Waals surface area contributed by atoms with Crippen molar-refractivity contribution in [3.05, 3.63) is 54.0 Å². The van der Waals surface area contributed by atoms with Crippen LogP contribution in [0.15, 0.2) is 46.9 Å². The third-order valence-electron chi connectivity index (χ3n) is 3.66. The van der Waals surface area contributed by atoms with E-state index in [-0.39, 0.29) is 0 Å². The molecule has 0 saturated carbocycles. The second-order valence-electron chi connectivity index (χ2n) is 5.86. The van der Waals surface area contributed by atoms with Crippen LogP contribution in [0.5, 0.6) is 0 Å². The number of benzene rings is 1.